The third-order valence-electron chi connectivity index (χ3n) is 3.55. The van der Waals surface area contributed by atoms with Gasteiger partial charge in [0, 0.05) is 13.1 Å². The van der Waals surface area contributed by atoms with Gasteiger partial charge in [0.15, 0.2) is 5.65 Å². The maximum Gasteiger partial charge on any atom is 0.243 e. The highest BCUT2D eigenvalue weighted by molar-refractivity contribution is 5.85. The summed E-state index contributed by atoms with van der Waals surface area (Å²) >= 11 is 0. The number of nitrogens with one attached hydrogen (secondary N) is 1. The number of carbonyl (C=O) groups is 1. The van der Waals surface area contributed by atoms with Crippen LogP contribution in [0, 0.1) is 6.92 Å². The molecule has 3 rings (SSSR count). The van der Waals surface area contributed by atoms with Crippen LogP contribution in [0.25, 0.3) is 11.2 Å². The van der Waals surface area contributed by atoms with E-state index in [-0.39, 0.29) is 11.9 Å². The Bertz CT molecular complexity index is 651. The normalized spacial score (nSPS) is 16.8. The number of nitrogen functional groups attached to an aromatic ring is 1. The van der Waals surface area contributed by atoms with Crippen LogP contribution in [-0.4, -0.2) is 31.3 Å². The largest absolute Gasteiger partial charge is 0.369 e. The highest BCUT2D eigenvalue weighted by Crippen LogP contribution is 2.26. The summed E-state index contributed by atoms with van der Waals surface area (Å²) in [6, 6.07) is -0.0520. The Morgan fingerprint density at radius 1 is 1.53 bits per heavy atom. The van der Waals surface area contributed by atoms with Gasteiger partial charge in [0.25, 0.3) is 0 Å². The van der Waals surface area contributed by atoms with E-state index in [0.29, 0.717) is 12.0 Å². The molecular weight excluding hydrogens is 244 g/mol. The number of hydrogen-bond donors (Lipinski definition) is 2. The van der Waals surface area contributed by atoms with Gasteiger partial charge in [-0.1, -0.05) is 0 Å². The van der Waals surface area contributed by atoms with Crippen LogP contribution in [-0.2, 0) is 11.8 Å². The van der Waals surface area contributed by atoms with Crippen molar-refractivity contribution in [3.8, 4) is 0 Å². The molecule has 7 nitrogen and oxygen atoms in total. The maximum atomic E-state index is 12.2. The lowest BCUT2D eigenvalue weighted by Gasteiger charge is -2.15. The number of anilines is 1. The van der Waals surface area contributed by atoms with Crippen LogP contribution in [0.1, 0.15) is 31.5 Å². The van der Waals surface area contributed by atoms with Crippen molar-refractivity contribution in [3.63, 3.8) is 0 Å². The summed E-state index contributed by atoms with van der Waals surface area (Å²) < 4.78 is 3.46. The molecule has 7 heteroatoms. The van der Waals surface area contributed by atoms with Crippen LogP contribution in [0.2, 0.25) is 0 Å². The summed E-state index contributed by atoms with van der Waals surface area (Å²) in [5.41, 5.74) is 8.31. The fraction of sp³-hybridized carbons (Fsp3) is 0.583. The molecule has 2 aromatic heterocycles. The molecule has 1 fully saturated rings. The van der Waals surface area contributed by atoms with E-state index < -0.39 is 0 Å². The van der Waals surface area contributed by atoms with Crippen LogP contribution in [0.15, 0.2) is 0 Å². The summed E-state index contributed by atoms with van der Waals surface area (Å²) in [5.74, 6) is 0.330. The lowest BCUT2D eigenvalue weighted by molar-refractivity contribution is -0.123. The molecule has 2 heterocycles. The van der Waals surface area contributed by atoms with Crippen LogP contribution in [0.3, 0.4) is 0 Å². The van der Waals surface area contributed by atoms with Gasteiger partial charge in [-0.05, 0) is 26.7 Å². The number of rotatable bonds is 3. The first-order chi connectivity index (χ1) is 8.99. The van der Waals surface area contributed by atoms with Gasteiger partial charge < -0.3 is 11.1 Å². The molecule has 1 aliphatic carbocycles. The van der Waals surface area contributed by atoms with Crippen LogP contribution < -0.4 is 11.1 Å². The predicted molar refractivity (Wildman–Crippen MR) is 71.5 cm³/mol. The van der Waals surface area contributed by atoms with Crippen molar-refractivity contribution in [1.29, 1.82) is 0 Å². The van der Waals surface area contributed by atoms with E-state index in [4.69, 9.17) is 5.73 Å². The van der Waals surface area contributed by atoms with Gasteiger partial charge in [0.2, 0.25) is 11.9 Å². The molecule has 0 radical (unpaired) electrons. The van der Waals surface area contributed by atoms with Crippen molar-refractivity contribution in [1.82, 2.24) is 24.6 Å². The van der Waals surface area contributed by atoms with E-state index in [9.17, 15) is 4.79 Å². The number of hydrogen-bond acceptors (Lipinski definition) is 4. The monoisotopic (exact) mass is 262 g/mol. The minimum absolute atomic E-state index is 0.0210. The zero-order valence-corrected chi connectivity index (χ0v) is 11.3. The standard InChI is InChI=1S/C12H18N6O/c1-6-9-11(17(3)16-6)18(12(13)15-9)7(2)10(19)14-8-4-5-8/h7-8H,4-5H2,1-3H3,(H2,13,15)(H,14,19). The van der Waals surface area contributed by atoms with Crippen molar-refractivity contribution < 1.29 is 4.79 Å². The van der Waals surface area contributed by atoms with Crippen LogP contribution in [0.4, 0.5) is 5.95 Å². The fourth-order valence-electron chi connectivity index (χ4n) is 2.36. The van der Waals surface area contributed by atoms with Gasteiger partial charge >= 0.3 is 0 Å². The number of amides is 1. The molecule has 1 aliphatic rings. The first-order valence-electron chi connectivity index (χ1n) is 6.46. The van der Waals surface area contributed by atoms with E-state index in [0.717, 1.165) is 29.7 Å². The molecule has 19 heavy (non-hydrogen) atoms. The lowest BCUT2D eigenvalue weighted by Crippen LogP contribution is -2.33. The second kappa shape index (κ2) is 3.97. The molecule has 0 aliphatic heterocycles. The van der Waals surface area contributed by atoms with E-state index >= 15 is 0 Å². The Kier molecular flexibility index (Phi) is 2.51. The predicted octanol–water partition coefficient (Wildman–Crippen LogP) is 0.500. The smallest absolute Gasteiger partial charge is 0.243 e. The number of nitrogens with zero attached hydrogens (tertiary/aromatic N) is 4. The quantitative estimate of drug-likeness (QED) is 0.842. The number of imidazole rings is 1. The Morgan fingerprint density at radius 3 is 2.84 bits per heavy atom. The molecule has 1 atom stereocenters. The van der Waals surface area contributed by atoms with E-state index in [1.165, 1.54) is 0 Å². The average Bonchev–Trinajstić information content (AvgIpc) is 3.02. The fourth-order valence-corrected chi connectivity index (χ4v) is 2.36. The maximum absolute atomic E-state index is 12.2. The Balaban J connectivity index is 2.02. The average molecular weight is 262 g/mol. The molecule has 0 aromatic carbocycles. The Morgan fingerprint density at radius 2 is 2.21 bits per heavy atom. The van der Waals surface area contributed by atoms with Gasteiger partial charge in [-0.3, -0.25) is 14.0 Å². The number of aromatic nitrogens is 4. The minimum atomic E-state index is -0.389. The zero-order chi connectivity index (χ0) is 13.7. The van der Waals surface area contributed by atoms with Gasteiger partial charge in [-0.15, -0.1) is 0 Å². The number of nitrogens with two attached hydrogens (primary N) is 1. The molecule has 3 N–H and O–H groups in total. The summed E-state index contributed by atoms with van der Waals surface area (Å²) in [4.78, 5) is 16.5. The summed E-state index contributed by atoms with van der Waals surface area (Å²) in [6.07, 6.45) is 2.14. The highest BCUT2D eigenvalue weighted by Gasteiger charge is 2.29. The number of carbonyl (C=O) groups excluding carboxylic acids is 1. The molecule has 1 saturated carbocycles. The molecule has 1 amide bonds. The third-order valence-corrected chi connectivity index (χ3v) is 3.55. The highest BCUT2D eigenvalue weighted by atomic mass is 16.2. The van der Waals surface area contributed by atoms with Crippen molar-refractivity contribution in [3.05, 3.63) is 5.69 Å². The molecular formula is C12H18N6O. The van der Waals surface area contributed by atoms with Gasteiger partial charge in [0.1, 0.15) is 11.6 Å². The molecule has 0 saturated heterocycles. The van der Waals surface area contributed by atoms with Crippen molar-refractivity contribution >= 4 is 23.0 Å². The minimum Gasteiger partial charge on any atom is -0.369 e. The van der Waals surface area contributed by atoms with Gasteiger partial charge in [0.05, 0.1) is 5.69 Å². The topological polar surface area (TPSA) is 90.8 Å². The van der Waals surface area contributed by atoms with Crippen molar-refractivity contribution in [2.45, 2.75) is 38.8 Å². The second-order valence-electron chi connectivity index (χ2n) is 5.18. The summed E-state index contributed by atoms with van der Waals surface area (Å²) in [5, 5.41) is 7.30. The number of aryl methyl sites for hydroxylation is 2. The second-order valence-corrected chi connectivity index (χ2v) is 5.18. The molecule has 2 aromatic rings. The molecule has 0 spiro atoms. The van der Waals surface area contributed by atoms with Crippen molar-refractivity contribution in [2.24, 2.45) is 7.05 Å². The SMILES string of the molecule is Cc1nn(C)c2c1nc(N)n2C(C)C(=O)NC1CC1. The van der Waals surface area contributed by atoms with Gasteiger partial charge in [-0.25, -0.2) is 4.98 Å². The Labute approximate surface area is 110 Å². The molecule has 1 unspecified atom stereocenters. The Hall–Kier alpha value is -2.05. The third kappa shape index (κ3) is 1.85. The van der Waals surface area contributed by atoms with E-state index in [2.05, 4.69) is 15.4 Å². The first-order valence-corrected chi connectivity index (χ1v) is 6.46. The zero-order valence-electron chi connectivity index (χ0n) is 11.3. The van der Waals surface area contributed by atoms with Crippen LogP contribution >= 0.6 is 0 Å². The molecule has 102 valence electrons. The van der Waals surface area contributed by atoms with E-state index in [1.54, 1.807) is 9.25 Å². The first kappa shape index (κ1) is 12.0. The summed E-state index contributed by atoms with van der Waals surface area (Å²) in [6.45, 7) is 3.71. The summed E-state index contributed by atoms with van der Waals surface area (Å²) in [7, 11) is 1.83. The van der Waals surface area contributed by atoms with E-state index in [1.807, 2.05) is 20.9 Å². The number of fused-ring (bicyclic) bond motifs is 1. The molecule has 0 bridgehead atoms. The van der Waals surface area contributed by atoms with Gasteiger partial charge in [-0.2, -0.15) is 5.10 Å². The van der Waals surface area contributed by atoms with Crippen LogP contribution in [0.5, 0.6) is 0 Å². The van der Waals surface area contributed by atoms with Crippen molar-refractivity contribution in [2.75, 3.05) is 5.73 Å². The lowest BCUT2D eigenvalue weighted by atomic mass is 10.3.